The van der Waals surface area contributed by atoms with Crippen molar-refractivity contribution < 1.29 is 39.6 Å². The van der Waals surface area contributed by atoms with Crippen LogP contribution in [0.5, 0.6) is 23.0 Å². The van der Waals surface area contributed by atoms with E-state index in [1.54, 1.807) is 0 Å². The van der Waals surface area contributed by atoms with Gasteiger partial charge in [0.05, 0.1) is 16.8 Å². The molecular weight excluding hydrogens is 372 g/mol. The maximum atomic E-state index is 12.5. The van der Waals surface area contributed by atoms with Gasteiger partial charge in [0.15, 0.2) is 11.5 Å². The number of phenols is 4. The first-order valence-electron chi connectivity index (χ1n) is 7.91. The monoisotopic (exact) mass is 384 g/mol. The van der Waals surface area contributed by atoms with Gasteiger partial charge in [-0.05, 0) is 12.1 Å². The number of phenolic OH excluding ortho intramolecular Hbond substituents is 4. The van der Waals surface area contributed by atoms with E-state index < -0.39 is 63.1 Å². The second-order valence-electron chi connectivity index (χ2n) is 6.38. The Labute approximate surface area is 156 Å². The average Bonchev–Trinajstić information content (AvgIpc) is 3.02. The molecule has 4 N–H and O–H groups in total. The molecule has 0 saturated heterocycles. The molecule has 10 nitrogen and oxygen atoms in total. The number of hydrogen-bond acceptors (Lipinski definition) is 8. The molecule has 0 radical (unpaired) electrons. The second kappa shape index (κ2) is 5.22. The van der Waals surface area contributed by atoms with Gasteiger partial charge >= 0.3 is 0 Å². The van der Waals surface area contributed by atoms with E-state index in [1.807, 2.05) is 0 Å². The van der Waals surface area contributed by atoms with Crippen LogP contribution in [-0.4, -0.2) is 57.9 Å². The van der Waals surface area contributed by atoms with Crippen LogP contribution in [0.25, 0.3) is 11.1 Å². The molecule has 0 atom stereocenters. The number of Topliss-reactive ketones (excluding diaryl/α,β-unsaturated/α-hetero) is 2. The van der Waals surface area contributed by atoms with Crippen LogP contribution in [0.2, 0.25) is 0 Å². The molecule has 0 bridgehead atoms. The smallest absolute Gasteiger partial charge is 0.299 e. The minimum atomic E-state index is -1.12. The summed E-state index contributed by atoms with van der Waals surface area (Å²) in [5.41, 5.74) is -2.01. The summed E-state index contributed by atoms with van der Waals surface area (Å²) < 4.78 is 0. The summed E-state index contributed by atoms with van der Waals surface area (Å²) in [5.74, 6) is -7.65. The van der Waals surface area contributed by atoms with E-state index in [2.05, 4.69) is 0 Å². The number of fused-ring (bicyclic) bond motifs is 2. The van der Waals surface area contributed by atoms with Crippen molar-refractivity contribution in [3.05, 3.63) is 23.3 Å². The van der Waals surface area contributed by atoms with Gasteiger partial charge in [0.2, 0.25) is 5.75 Å². The molecule has 0 aliphatic carbocycles. The number of rotatable bonds is 1. The number of benzene rings is 2. The minimum absolute atomic E-state index is 0.105. The van der Waals surface area contributed by atoms with E-state index in [0.717, 1.165) is 15.9 Å². The van der Waals surface area contributed by atoms with Gasteiger partial charge in [-0.1, -0.05) is 0 Å². The Morgan fingerprint density at radius 3 is 1.86 bits per heavy atom. The number of carbonyl (C=O) groups is 4. The first-order valence-corrected chi connectivity index (χ1v) is 7.91. The highest BCUT2D eigenvalue weighted by Crippen LogP contribution is 2.56. The Morgan fingerprint density at radius 2 is 1.21 bits per heavy atom. The Balaban J connectivity index is 2.20. The van der Waals surface area contributed by atoms with Crippen LogP contribution < -0.4 is 9.80 Å². The number of amides is 2. The van der Waals surface area contributed by atoms with Crippen molar-refractivity contribution in [1.82, 2.24) is 0 Å². The quantitative estimate of drug-likeness (QED) is 0.409. The van der Waals surface area contributed by atoms with Gasteiger partial charge in [-0.2, -0.15) is 0 Å². The molecule has 142 valence electrons. The number of aromatic hydroxyl groups is 4. The van der Waals surface area contributed by atoms with Gasteiger partial charge in [0.1, 0.15) is 11.4 Å². The fraction of sp³-hybridized carbons (Fsp3) is 0.111. The Morgan fingerprint density at radius 1 is 0.643 bits per heavy atom. The molecule has 10 heteroatoms. The summed E-state index contributed by atoms with van der Waals surface area (Å²) in [6.45, 7) is 0. The van der Waals surface area contributed by atoms with Crippen LogP contribution in [0.1, 0.15) is 20.7 Å². The summed E-state index contributed by atoms with van der Waals surface area (Å²) >= 11 is 0. The van der Waals surface area contributed by atoms with E-state index in [1.165, 1.54) is 20.2 Å². The lowest BCUT2D eigenvalue weighted by atomic mass is 9.89. The molecule has 0 unspecified atom stereocenters. The number of hydrogen-bond donors (Lipinski definition) is 4. The first-order chi connectivity index (χ1) is 13.1. The molecule has 0 aromatic heterocycles. The lowest BCUT2D eigenvalue weighted by Crippen LogP contribution is -2.25. The van der Waals surface area contributed by atoms with E-state index in [0.29, 0.717) is 0 Å². The summed E-state index contributed by atoms with van der Waals surface area (Å²) in [6.07, 6.45) is 0. The lowest BCUT2D eigenvalue weighted by Gasteiger charge is -2.18. The summed E-state index contributed by atoms with van der Waals surface area (Å²) in [4.78, 5) is 51.0. The van der Waals surface area contributed by atoms with Crippen molar-refractivity contribution in [3.8, 4) is 34.1 Å². The molecule has 2 aromatic rings. The molecule has 28 heavy (non-hydrogen) atoms. The zero-order chi connectivity index (χ0) is 20.7. The maximum Gasteiger partial charge on any atom is 0.299 e. The molecule has 2 aliphatic rings. The van der Waals surface area contributed by atoms with Crippen molar-refractivity contribution in [1.29, 1.82) is 0 Å². The van der Waals surface area contributed by atoms with Crippen molar-refractivity contribution in [2.75, 3.05) is 23.9 Å². The van der Waals surface area contributed by atoms with Crippen LogP contribution in [0, 0.1) is 0 Å². The van der Waals surface area contributed by atoms with Crippen LogP contribution >= 0.6 is 0 Å². The standard InChI is InChI=1S/C18H12N2O8/c1-19-5-3-4-6(21)8(7(5)13(23)17(19)27)9-10-11(15(25)16(26)12(9)22)20(2)18(28)14(10)24/h3-4,21-22,25-26H,1-2H3. The fourth-order valence-corrected chi connectivity index (χ4v) is 3.56. The third-order valence-corrected chi connectivity index (χ3v) is 4.96. The number of likely N-dealkylation sites (N-methyl/N-ethyl adjacent to an activating group) is 2. The third kappa shape index (κ3) is 1.80. The predicted molar refractivity (Wildman–Crippen MR) is 94.0 cm³/mol. The number of carbonyl (C=O) groups excluding carboxylic acids is 4. The van der Waals surface area contributed by atoms with E-state index in [-0.39, 0.29) is 16.9 Å². The normalized spacial score (nSPS) is 15.5. The van der Waals surface area contributed by atoms with Crippen LogP contribution in [0.3, 0.4) is 0 Å². The molecule has 2 amide bonds. The molecule has 4 rings (SSSR count). The molecule has 2 heterocycles. The summed E-state index contributed by atoms with van der Waals surface area (Å²) in [7, 11) is 2.50. The predicted octanol–water partition coefficient (Wildman–Crippen LogP) is 0.494. The van der Waals surface area contributed by atoms with Crippen LogP contribution in [0.15, 0.2) is 12.1 Å². The van der Waals surface area contributed by atoms with Crippen molar-refractivity contribution in [3.63, 3.8) is 0 Å². The Bertz CT molecular complexity index is 1170. The summed E-state index contributed by atoms with van der Waals surface area (Å²) in [6, 6.07) is 2.44. The fourth-order valence-electron chi connectivity index (χ4n) is 3.56. The van der Waals surface area contributed by atoms with Crippen LogP contribution in [-0.2, 0) is 9.59 Å². The lowest BCUT2D eigenvalue weighted by molar-refractivity contribution is -0.114. The van der Waals surface area contributed by atoms with Crippen molar-refractivity contribution in [2.45, 2.75) is 0 Å². The molecule has 0 saturated carbocycles. The zero-order valence-corrected chi connectivity index (χ0v) is 14.5. The third-order valence-electron chi connectivity index (χ3n) is 4.96. The minimum Gasteiger partial charge on any atom is -0.507 e. The topological polar surface area (TPSA) is 156 Å². The van der Waals surface area contributed by atoms with Crippen LogP contribution in [0.4, 0.5) is 11.4 Å². The Hall–Kier alpha value is -4.08. The van der Waals surface area contributed by atoms with Gasteiger partial charge in [0, 0.05) is 25.2 Å². The molecule has 2 aromatic carbocycles. The number of anilines is 2. The SMILES string of the molecule is CN1C(=O)C(=O)c2c1ccc(O)c2-c1c(O)c(O)c(O)c2c1C(=O)C(=O)N2C. The van der Waals surface area contributed by atoms with Crippen molar-refractivity contribution in [2.24, 2.45) is 0 Å². The molecule has 0 fully saturated rings. The maximum absolute atomic E-state index is 12.5. The van der Waals surface area contributed by atoms with E-state index in [9.17, 15) is 39.6 Å². The largest absolute Gasteiger partial charge is 0.507 e. The Kier molecular flexibility index (Phi) is 3.23. The first kappa shape index (κ1) is 17.3. The number of ketones is 2. The average molecular weight is 384 g/mol. The highest BCUT2D eigenvalue weighted by molar-refractivity contribution is 6.55. The van der Waals surface area contributed by atoms with Crippen molar-refractivity contribution >= 4 is 34.8 Å². The van der Waals surface area contributed by atoms with Gasteiger partial charge < -0.3 is 30.2 Å². The molecular formula is C18H12N2O8. The van der Waals surface area contributed by atoms with Gasteiger partial charge in [-0.3, -0.25) is 19.2 Å². The second-order valence-corrected chi connectivity index (χ2v) is 6.38. The van der Waals surface area contributed by atoms with E-state index >= 15 is 0 Å². The zero-order valence-electron chi connectivity index (χ0n) is 14.5. The molecule has 0 spiro atoms. The molecule has 2 aliphatic heterocycles. The van der Waals surface area contributed by atoms with Gasteiger partial charge in [0.25, 0.3) is 23.4 Å². The highest BCUT2D eigenvalue weighted by Gasteiger charge is 2.45. The van der Waals surface area contributed by atoms with Gasteiger partial charge in [-0.25, -0.2) is 0 Å². The van der Waals surface area contributed by atoms with Gasteiger partial charge in [-0.15, -0.1) is 0 Å². The summed E-state index contributed by atoms with van der Waals surface area (Å²) in [5, 5.41) is 41.1. The highest BCUT2D eigenvalue weighted by atomic mass is 16.3. The number of nitrogens with zero attached hydrogens (tertiary/aromatic N) is 2. The van der Waals surface area contributed by atoms with E-state index in [4.69, 9.17) is 0 Å².